The number of carbonyl (C=O) groups excluding carboxylic acids is 1. The number of hydrogen-bond acceptors (Lipinski definition) is 4. The Hall–Kier alpha value is -2.37. The van der Waals surface area contributed by atoms with Crippen molar-refractivity contribution < 1.29 is 13.7 Å². The molecule has 0 aromatic heterocycles. The van der Waals surface area contributed by atoms with Crippen molar-refractivity contribution in [3.63, 3.8) is 0 Å². The van der Waals surface area contributed by atoms with E-state index >= 15 is 0 Å². The number of methoxy groups -OCH3 is 1. The highest BCUT2D eigenvalue weighted by atomic mass is 32.2. The molecule has 3 nitrogen and oxygen atoms in total. The fourth-order valence-corrected chi connectivity index (χ4v) is 5.56. The second kappa shape index (κ2) is 7.94. The second-order valence-electron chi connectivity index (χ2n) is 6.73. The predicted octanol–water partition coefficient (Wildman–Crippen LogP) is 5.21. The van der Waals surface area contributed by atoms with Crippen LogP contribution in [0, 0.1) is 0 Å². The molecule has 3 aromatic carbocycles. The van der Waals surface area contributed by atoms with E-state index in [4.69, 9.17) is 4.74 Å². The minimum atomic E-state index is -1.30. The van der Waals surface area contributed by atoms with E-state index in [-0.39, 0.29) is 5.97 Å². The third-order valence-corrected chi connectivity index (χ3v) is 7.64. The Labute approximate surface area is 171 Å². The first-order valence-electron chi connectivity index (χ1n) is 9.07. The lowest BCUT2D eigenvalue weighted by atomic mass is 9.96. The largest absolute Gasteiger partial charge is 0.468 e. The fraction of sp³-hybridized carbons (Fsp3) is 0.174. The van der Waals surface area contributed by atoms with E-state index in [2.05, 4.69) is 0 Å². The van der Waals surface area contributed by atoms with E-state index in [1.54, 1.807) is 11.8 Å². The molecule has 1 saturated carbocycles. The Kier molecular flexibility index (Phi) is 5.38. The molecule has 0 aliphatic heterocycles. The van der Waals surface area contributed by atoms with Gasteiger partial charge in [-0.15, -0.1) is 0 Å². The molecule has 0 bridgehead atoms. The van der Waals surface area contributed by atoms with Crippen LogP contribution in [0.3, 0.4) is 0 Å². The van der Waals surface area contributed by atoms with E-state index in [1.165, 1.54) is 7.11 Å². The van der Waals surface area contributed by atoms with Crippen LogP contribution in [-0.2, 0) is 25.7 Å². The number of hydrogen-bond donors (Lipinski definition) is 0. The highest BCUT2D eigenvalue weighted by Crippen LogP contribution is 2.49. The highest BCUT2D eigenvalue weighted by molar-refractivity contribution is 8.00. The monoisotopic (exact) mass is 408 g/mol. The lowest BCUT2D eigenvalue weighted by Gasteiger charge is -2.14. The van der Waals surface area contributed by atoms with Crippen LogP contribution < -0.4 is 0 Å². The molecule has 1 atom stereocenters. The molecule has 142 valence electrons. The number of benzene rings is 3. The minimum Gasteiger partial charge on any atom is -0.468 e. The van der Waals surface area contributed by atoms with Gasteiger partial charge in [-0.25, -0.2) is 4.21 Å². The highest BCUT2D eigenvalue weighted by Gasteiger charge is 2.52. The average molecular weight is 409 g/mol. The summed E-state index contributed by atoms with van der Waals surface area (Å²) in [5.41, 5.74) is 0.433. The van der Waals surface area contributed by atoms with Gasteiger partial charge in [-0.3, -0.25) is 4.79 Å². The predicted molar refractivity (Wildman–Crippen MR) is 111 cm³/mol. The van der Waals surface area contributed by atoms with E-state index in [0.717, 1.165) is 38.0 Å². The Morgan fingerprint density at radius 3 is 2.21 bits per heavy atom. The maximum atomic E-state index is 13.2. The summed E-state index contributed by atoms with van der Waals surface area (Å²) in [6.07, 6.45) is 1.61. The summed E-state index contributed by atoms with van der Waals surface area (Å²) in [5, 5.41) is 0. The first-order chi connectivity index (χ1) is 13.6. The quantitative estimate of drug-likeness (QED) is 0.525. The van der Waals surface area contributed by atoms with E-state index in [1.807, 2.05) is 78.9 Å². The summed E-state index contributed by atoms with van der Waals surface area (Å²) < 4.78 is 18.2. The molecule has 1 unspecified atom stereocenters. The van der Waals surface area contributed by atoms with Gasteiger partial charge >= 0.3 is 5.97 Å². The molecule has 4 rings (SSSR count). The smallest absolute Gasteiger partial charge is 0.316 e. The van der Waals surface area contributed by atoms with Crippen molar-refractivity contribution in [2.24, 2.45) is 0 Å². The standard InChI is InChI=1S/C23H20O3S2/c1-26-22(24)23(15-16-23)17-11-13-19(14-12-17)28(25)21-10-6-5-9-20(21)27-18-7-3-2-4-8-18/h2-14H,15-16H2,1H3. The number of ether oxygens (including phenoxy) is 1. The molecule has 1 fully saturated rings. The lowest BCUT2D eigenvalue weighted by molar-refractivity contribution is -0.143. The van der Waals surface area contributed by atoms with Gasteiger partial charge in [-0.1, -0.05) is 54.2 Å². The molecule has 1 aliphatic carbocycles. The molecular weight excluding hydrogens is 388 g/mol. The minimum absolute atomic E-state index is 0.189. The topological polar surface area (TPSA) is 43.4 Å². The van der Waals surface area contributed by atoms with Crippen molar-refractivity contribution in [3.8, 4) is 0 Å². The SMILES string of the molecule is COC(=O)C1(c2ccc(S(=O)c3ccccc3Sc3ccccc3)cc2)CC1. The molecule has 0 N–H and O–H groups in total. The molecule has 0 saturated heterocycles. The summed E-state index contributed by atoms with van der Waals surface area (Å²) in [7, 11) is 0.128. The van der Waals surface area contributed by atoms with Gasteiger partial charge in [-0.05, 0) is 54.8 Å². The van der Waals surface area contributed by atoms with Gasteiger partial charge in [0.25, 0.3) is 0 Å². The molecular formula is C23H20O3S2. The summed E-state index contributed by atoms with van der Waals surface area (Å²) >= 11 is 1.61. The Bertz CT molecular complexity index is 1010. The van der Waals surface area contributed by atoms with Gasteiger partial charge in [0.15, 0.2) is 0 Å². The zero-order chi connectivity index (χ0) is 19.6. The van der Waals surface area contributed by atoms with Crippen LogP contribution in [0.15, 0.2) is 98.4 Å². The van der Waals surface area contributed by atoms with E-state index < -0.39 is 16.2 Å². The molecule has 0 amide bonds. The fourth-order valence-electron chi connectivity index (χ4n) is 3.26. The average Bonchev–Trinajstić information content (AvgIpc) is 3.56. The summed E-state index contributed by atoms with van der Waals surface area (Å²) in [5.74, 6) is -0.189. The van der Waals surface area contributed by atoms with E-state index in [0.29, 0.717) is 0 Å². The van der Waals surface area contributed by atoms with Gasteiger partial charge in [0.2, 0.25) is 0 Å². The number of rotatable bonds is 6. The second-order valence-corrected chi connectivity index (χ2v) is 9.29. The van der Waals surface area contributed by atoms with Crippen molar-refractivity contribution in [2.75, 3.05) is 7.11 Å². The van der Waals surface area contributed by atoms with Crippen LogP contribution in [0.2, 0.25) is 0 Å². The van der Waals surface area contributed by atoms with Crippen LogP contribution in [-0.4, -0.2) is 17.3 Å². The molecule has 1 aliphatic rings. The summed E-state index contributed by atoms with van der Waals surface area (Å²) in [6, 6.07) is 25.4. The lowest BCUT2D eigenvalue weighted by Crippen LogP contribution is -2.21. The molecule has 5 heteroatoms. The summed E-state index contributed by atoms with van der Waals surface area (Å²) in [4.78, 5) is 15.7. The van der Waals surface area contributed by atoms with Crippen molar-refractivity contribution in [1.82, 2.24) is 0 Å². The van der Waals surface area contributed by atoms with Gasteiger partial charge in [0.1, 0.15) is 0 Å². The Morgan fingerprint density at radius 2 is 1.57 bits per heavy atom. The van der Waals surface area contributed by atoms with E-state index in [9.17, 15) is 9.00 Å². The molecule has 0 spiro atoms. The van der Waals surface area contributed by atoms with Gasteiger partial charge < -0.3 is 4.74 Å². The number of carbonyl (C=O) groups is 1. The van der Waals surface area contributed by atoms with Gasteiger partial charge in [0.05, 0.1) is 28.2 Å². The van der Waals surface area contributed by atoms with Crippen molar-refractivity contribution >= 4 is 28.5 Å². The third-order valence-electron chi connectivity index (χ3n) is 4.97. The Balaban J connectivity index is 1.60. The van der Waals surface area contributed by atoms with Crippen LogP contribution >= 0.6 is 11.8 Å². The maximum Gasteiger partial charge on any atom is 0.316 e. The molecule has 0 radical (unpaired) electrons. The van der Waals surface area contributed by atoms with Gasteiger partial charge in [-0.2, -0.15) is 0 Å². The zero-order valence-corrected chi connectivity index (χ0v) is 17.1. The third kappa shape index (κ3) is 3.64. The number of esters is 1. The van der Waals surface area contributed by atoms with Crippen LogP contribution in [0.25, 0.3) is 0 Å². The Morgan fingerprint density at radius 1 is 0.929 bits per heavy atom. The first kappa shape index (κ1) is 19.0. The van der Waals surface area contributed by atoms with Crippen LogP contribution in [0.1, 0.15) is 18.4 Å². The molecule has 3 aromatic rings. The van der Waals surface area contributed by atoms with Crippen molar-refractivity contribution in [2.45, 2.75) is 37.8 Å². The maximum absolute atomic E-state index is 13.2. The zero-order valence-electron chi connectivity index (χ0n) is 15.5. The van der Waals surface area contributed by atoms with Crippen molar-refractivity contribution in [1.29, 1.82) is 0 Å². The molecule has 0 heterocycles. The summed E-state index contributed by atoms with van der Waals surface area (Å²) in [6.45, 7) is 0. The first-order valence-corrected chi connectivity index (χ1v) is 11.0. The normalized spacial score (nSPS) is 15.6. The van der Waals surface area contributed by atoms with Gasteiger partial charge in [0, 0.05) is 14.7 Å². The van der Waals surface area contributed by atoms with Crippen molar-refractivity contribution in [3.05, 3.63) is 84.4 Å². The van der Waals surface area contributed by atoms with Crippen LogP contribution in [0.4, 0.5) is 0 Å². The van der Waals surface area contributed by atoms with Crippen LogP contribution in [0.5, 0.6) is 0 Å². The molecule has 28 heavy (non-hydrogen) atoms.